The summed E-state index contributed by atoms with van der Waals surface area (Å²) in [5.41, 5.74) is -4.60. The average Bonchev–Trinajstić information content (AvgIpc) is 3.06. The minimum absolute atomic E-state index is 0.0578. The Labute approximate surface area is 206 Å². The largest absolute Gasteiger partial charge is 0.481 e. The van der Waals surface area contributed by atoms with Crippen LogP contribution in [0, 0.1) is 40.4 Å². The van der Waals surface area contributed by atoms with E-state index in [0.29, 0.717) is 13.0 Å². The normalized spacial score (nSPS) is 44.7. The minimum atomic E-state index is -2.23. The first-order chi connectivity index (χ1) is 16.3. The fraction of sp³-hybridized carbons (Fsp3) is 0.778. The number of nitrogens with zero attached hydrogens (tertiary/aromatic N) is 1. The topological polar surface area (TPSA) is 98.1 Å². The molecule has 4 aliphatic rings. The number of alkyl halides is 2. The van der Waals surface area contributed by atoms with E-state index in [1.165, 1.54) is 17.2 Å². The maximum Gasteiger partial charge on any atom is 0.307 e. The summed E-state index contributed by atoms with van der Waals surface area (Å²) in [6.07, 6.45) is 2.56. The molecule has 0 aromatic carbocycles. The van der Waals surface area contributed by atoms with Crippen molar-refractivity contribution < 1.29 is 33.8 Å². The lowest BCUT2D eigenvalue weighted by Crippen LogP contribution is -2.68. The first-order valence-corrected chi connectivity index (χ1v) is 13.0. The second-order valence-electron chi connectivity index (χ2n) is 11.8. The van der Waals surface area contributed by atoms with E-state index < -0.39 is 64.2 Å². The molecule has 0 amide bonds. The third-order valence-electron chi connectivity index (χ3n) is 10.1. The summed E-state index contributed by atoms with van der Waals surface area (Å²) in [4.78, 5) is 24.5. The zero-order valence-electron chi connectivity index (χ0n) is 21.1. The summed E-state index contributed by atoms with van der Waals surface area (Å²) < 4.78 is 32.7. The van der Waals surface area contributed by atoms with Crippen molar-refractivity contribution in [2.45, 2.75) is 77.7 Å². The number of aliphatic hydroxyl groups excluding tert-OH is 1. The number of fused-ring (bicyclic) bond motifs is 5. The standard InChI is InChI=1S/C27H39F2NO5/c1-5-15(6-2)13-30(35)14-16-9-18-19-11-21(28)20-10-17(31)7-8-26(20,4)27(19,29)22(32)12-25(18,3)23(16)24(33)34/h7-8,10,15-16,18-19,21-23,32,35H,5-6,9,11-14H2,1-4H3,(H,33,34)/t16-,18?,19-,21-,22-,23+,25-,26-,27-/m0/s1. The Morgan fingerprint density at radius 1 is 1.23 bits per heavy atom. The van der Waals surface area contributed by atoms with Crippen molar-refractivity contribution in [2.24, 2.45) is 40.4 Å². The summed E-state index contributed by atoms with van der Waals surface area (Å²) >= 11 is 0. The van der Waals surface area contributed by atoms with E-state index in [1.807, 2.05) is 13.8 Å². The number of carbonyl (C=O) groups excluding carboxylic acids is 1. The molecule has 4 aliphatic carbocycles. The Bertz CT molecular complexity index is 935. The fourth-order valence-electron chi connectivity index (χ4n) is 8.24. The Hall–Kier alpha value is -1.64. The number of aliphatic carboxylic acids is 1. The molecule has 1 unspecified atom stereocenters. The highest BCUT2D eigenvalue weighted by molar-refractivity contribution is 6.01. The van der Waals surface area contributed by atoms with Gasteiger partial charge in [0.25, 0.3) is 0 Å². The molecule has 0 radical (unpaired) electrons. The second-order valence-corrected chi connectivity index (χ2v) is 11.8. The summed E-state index contributed by atoms with van der Waals surface area (Å²) in [6, 6.07) is 0. The SMILES string of the molecule is CCC(CC)CN(O)C[C@@H]1CC2[C@@H]3C[C@H](F)C4=CC(=O)C=C[C@]4(C)[C@@]3(F)[C@@H](O)C[C@]2(C)[C@H]1C(=O)O. The van der Waals surface area contributed by atoms with Crippen LogP contribution in [0.15, 0.2) is 23.8 Å². The summed E-state index contributed by atoms with van der Waals surface area (Å²) in [6.45, 7) is 7.97. The van der Waals surface area contributed by atoms with Crippen LogP contribution in [0.5, 0.6) is 0 Å². The molecule has 6 nitrogen and oxygen atoms in total. The Balaban J connectivity index is 1.70. The van der Waals surface area contributed by atoms with E-state index >= 15 is 8.78 Å². The third-order valence-corrected chi connectivity index (χ3v) is 10.1. The maximum atomic E-state index is 17.2. The van der Waals surface area contributed by atoms with Gasteiger partial charge in [-0.2, -0.15) is 5.06 Å². The Morgan fingerprint density at radius 3 is 2.49 bits per heavy atom. The molecule has 35 heavy (non-hydrogen) atoms. The molecule has 0 spiro atoms. The number of hydrogen-bond acceptors (Lipinski definition) is 5. The number of aliphatic hydroxyl groups is 1. The molecule has 4 rings (SSSR count). The van der Waals surface area contributed by atoms with Crippen molar-refractivity contribution in [1.29, 1.82) is 0 Å². The van der Waals surface area contributed by atoms with Gasteiger partial charge in [0, 0.05) is 24.4 Å². The van der Waals surface area contributed by atoms with E-state index in [2.05, 4.69) is 0 Å². The molecule has 0 aromatic rings. The van der Waals surface area contributed by atoms with Crippen LogP contribution in [-0.4, -0.2) is 63.3 Å². The van der Waals surface area contributed by atoms with E-state index in [9.17, 15) is 25.0 Å². The summed E-state index contributed by atoms with van der Waals surface area (Å²) in [5.74, 6) is -3.89. The van der Waals surface area contributed by atoms with Crippen molar-refractivity contribution in [3.63, 3.8) is 0 Å². The number of hydroxylamine groups is 2. The van der Waals surface area contributed by atoms with Gasteiger partial charge < -0.3 is 15.4 Å². The molecule has 0 heterocycles. The predicted molar refractivity (Wildman–Crippen MR) is 126 cm³/mol. The molecule has 9 atom stereocenters. The van der Waals surface area contributed by atoms with Crippen molar-refractivity contribution in [3.05, 3.63) is 23.8 Å². The van der Waals surface area contributed by atoms with Gasteiger partial charge in [0.15, 0.2) is 11.5 Å². The van der Waals surface area contributed by atoms with Gasteiger partial charge in [-0.25, -0.2) is 8.78 Å². The van der Waals surface area contributed by atoms with Crippen LogP contribution in [0.3, 0.4) is 0 Å². The lowest BCUT2D eigenvalue weighted by molar-refractivity contribution is -0.204. The molecular weight excluding hydrogens is 456 g/mol. The van der Waals surface area contributed by atoms with Gasteiger partial charge in [0.1, 0.15) is 6.17 Å². The lowest BCUT2D eigenvalue weighted by Gasteiger charge is -2.62. The monoisotopic (exact) mass is 495 g/mol. The molecule has 196 valence electrons. The van der Waals surface area contributed by atoms with Crippen molar-refractivity contribution >= 4 is 11.8 Å². The van der Waals surface area contributed by atoms with E-state index in [0.717, 1.165) is 18.9 Å². The quantitative estimate of drug-likeness (QED) is 0.454. The van der Waals surface area contributed by atoms with Gasteiger partial charge in [-0.1, -0.05) is 39.7 Å². The van der Waals surface area contributed by atoms with Gasteiger partial charge >= 0.3 is 5.97 Å². The van der Waals surface area contributed by atoms with E-state index in [4.69, 9.17) is 0 Å². The number of carboxylic acids is 1. The summed E-state index contributed by atoms with van der Waals surface area (Å²) in [7, 11) is 0. The molecule has 0 saturated heterocycles. The zero-order chi connectivity index (χ0) is 25.9. The van der Waals surface area contributed by atoms with Crippen molar-refractivity contribution in [3.8, 4) is 0 Å². The molecule has 3 fully saturated rings. The van der Waals surface area contributed by atoms with Gasteiger partial charge in [0.05, 0.1) is 12.0 Å². The van der Waals surface area contributed by atoms with Gasteiger partial charge in [-0.15, -0.1) is 0 Å². The number of halogens is 2. The molecule has 0 aliphatic heterocycles. The van der Waals surface area contributed by atoms with E-state index in [1.54, 1.807) is 13.8 Å². The maximum absolute atomic E-state index is 17.2. The molecule has 0 aromatic heterocycles. The van der Waals surface area contributed by atoms with Gasteiger partial charge in [0.2, 0.25) is 0 Å². The average molecular weight is 496 g/mol. The molecule has 3 saturated carbocycles. The molecule has 3 N–H and O–H groups in total. The zero-order valence-corrected chi connectivity index (χ0v) is 21.1. The smallest absolute Gasteiger partial charge is 0.307 e. The van der Waals surface area contributed by atoms with Crippen LogP contribution < -0.4 is 0 Å². The van der Waals surface area contributed by atoms with Crippen LogP contribution in [0.2, 0.25) is 0 Å². The number of allylic oxidation sites excluding steroid dienone is 4. The highest BCUT2D eigenvalue weighted by atomic mass is 19.1. The van der Waals surface area contributed by atoms with Crippen molar-refractivity contribution in [2.75, 3.05) is 13.1 Å². The number of ketones is 1. The molecule has 0 bridgehead atoms. The number of rotatable bonds is 7. The van der Waals surface area contributed by atoms with Gasteiger partial charge in [-0.05, 0) is 67.1 Å². The van der Waals surface area contributed by atoms with E-state index in [-0.39, 0.29) is 30.9 Å². The van der Waals surface area contributed by atoms with Crippen LogP contribution in [0.25, 0.3) is 0 Å². The number of carboxylic acid groups (broad SMARTS) is 1. The number of carbonyl (C=O) groups is 2. The second kappa shape index (κ2) is 9.03. The Morgan fingerprint density at radius 2 is 1.89 bits per heavy atom. The van der Waals surface area contributed by atoms with Crippen LogP contribution >= 0.6 is 0 Å². The first-order valence-electron chi connectivity index (χ1n) is 13.0. The van der Waals surface area contributed by atoms with Gasteiger partial charge in [-0.3, -0.25) is 9.59 Å². The molecule has 8 heteroatoms. The van der Waals surface area contributed by atoms with Crippen molar-refractivity contribution in [1.82, 2.24) is 5.06 Å². The predicted octanol–water partition coefficient (Wildman–Crippen LogP) is 4.36. The Kier molecular flexibility index (Phi) is 6.82. The summed E-state index contributed by atoms with van der Waals surface area (Å²) in [5, 5.41) is 33.4. The highest BCUT2D eigenvalue weighted by Crippen LogP contribution is 2.70. The fourth-order valence-corrected chi connectivity index (χ4v) is 8.24. The van der Waals surface area contributed by atoms with Crippen LogP contribution in [0.4, 0.5) is 8.78 Å². The minimum Gasteiger partial charge on any atom is -0.481 e. The lowest BCUT2D eigenvalue weighted by atomic mass is 9.45. The first kappa shape index (κ1) is 26.4. The molecular formula is C27H39F2NO5. The third kappa shape index (κ3) is 3.82. The number of hydrogen-bond donors (Lipinski definition) is 3. The van der Waals surface area contributed by atoms with Crippen LogP contribution in [0.1, 0.15) is 59.8 Å². The highest BCUT2D eigenvalue weighted by Gasteiger charge is 2.73. The van der Waals surface area contributed by atoms with Crippen LogP contribution in [-0.2, 0) is 9.59 Å².